The number of hydrogen-bond donors (Lipinski definition) is 1. The molecule has 80 valence electrons. The number of anilines is 1. The number of rotatable bonds is 1. The molecule has 1 aliphatic rings. The molecule has 5 heteroatoms. The molecule has 0 spiro atoms. The van der Waals surface area contributed by atoms with E-state index in [0.717, 1.165) is 5.69 Å². The Balaban J connectivity index is 2.03. The minimum Gasteiger partial charge on any atom is -0.482 e. The maximum Gasteiger partial charge on any atom is 0.262 e. The van der Waals surface area contributed by atoms with Crippen molar-refractivity contribution >= 4 is 11.6 Å². The number of fused-ring (bicyclic) bond motifs is 1. The van der Waals surface area contributed by atoms with Crippen LogP contribution in [0.3, 0.4) is 0 Å². The fourth-order valence-corrected chi connectivity index (χ4v) is 1.63. The van der Waals surface area contributed by atoms with Crippen molar-refractivity contribution in [1.29, 1.82) is 0 Å². The molecular weight excluding hydrogens is 206 g/mol. The lowest BCUT2D eigenvalue weighted by atomic mass is 10.2. The van der Waals surface area contributed by atoms with Gasteiger partial charge < -0.3 is 10.1 Å². The molecule has 1 N–H and O–H groups in total. The normalized spacial score (nSPS) is 13.9. The van der Waals surface area contributed by atoms with Crippen molar-refractivity contribution in [2.24, 2.45) is 0 Å². The van der Waals surface area contributed by atoms with E-state index in [1.54, 1.807) is 10.9 Å². The molecular formula is C11H9N3O2. The molecule has 1 aromatic carbocycles. The van der Waals surface area contributed by atoms with Gasteiger partial charge in [-0.1, -0.05) is 0 Å². The first-order chi connectivity index (χ1) is 7.83. The Morgan fingerprint density at radius 3 is 3.19 bits per heavy atom. The van der Waals surface area contributed by atoms with Gasteiger partial charge in [-0.05, 0) is 18.2 Å². The Hall–Kier alpha value is -2.30. The summed E-state index contributed by atoms with van der Waals surface area (Å²) in [7, 11) is 0. The third-order valence-electron chi connectivity index (χ3n) is 2.37. The Morgan fingerprint density at radius 1 is 1.44 bits per heavy atom. The van der Waals surface area contributed by atoms with Crippen molar-refractivity contribution in [2.75, 3.05) is 11.9 Å². The van der Waals surface area contributed by atoms with E-state index in [1.165, 1.54) is 0 Å². The monoisotopic (exact) mass is 215 g/mol. The van der Waals surface area contributed by atoms with Gasteiger partial charge in [0.2, 0.25) is 0 Å². The fraction of sp³-hybridized carbons (Fsp3) is 0.0909. The zero-order chi connectivity index (χ0) is 11.0. The molecule has 0 saturated heterocycles. The molecule has 16 heavy (non-hydrogen) atoms. The van der Waals surface area contributed by atoms with Gasteiger partial charge in [0, 0.05) is 18.5 Å². The van der Waals surface area contributed by atoms with Crippen molar-refractivity contribution in [2.45, 2.75) is 0 Å². The zero-order valence-electron chi connectivity index (χ0n) is 8.38. The Morgan fingerprint density at radius 2 is 2.38 bits per heavy atom. The number of benzene rings is 1. The van der Waals surface area contributed by atoms with Crippen molar-refractivity contribution in [1.82, 2.24) is 9.78 Å². The van der Waals surface area contributed by atoms with Gasteiger partial charge >= 0.3 is 0 Å². The second kappa shape index (κ2) is 3.37. The number of carbonyl (C=O) groups is 1. The van der Waals surface area contributed by atoms with Gasteiger partial charge in [0.25, 0.3) is 5.91 Å². The summed E-state index contributed by atoms with van der Waals surface area (Å²) < 4.78 is 7.06. The summed E-state index contributed by atoms with van der Waals surface area (Å²) in [5, 5.41) is 6.86. The fourth-order valence-electron chi connectivity index (χ4n) is 1.63. The smallest absolute Gasteiger partial charge is 0.262 e. The van der Waals surface area contributed by atoms with Crippen LogP contribution in [0.4, 0.5) is 5.69 Å². The van der Waals surface area contributed by atoms with Crippen LogP contribution in [0, 0.1) is 0 Å². The highest BCUT2D eigenvalue weighted by molar-refractivity contribution is 5.95. The lowest BCUT2D eigenvalue weighted by Gasteiger charge is -2.18. The van der Waals surface area contributed by atoms with Crippen LogP contribution in [0.1, 0.15) is 0 Å². The first-order valence-corrected chi connectivity index (χ1v) is 4.90. The Labute approximate surface area is 91.6 Å². The average molecular weight is 215 g/mol. The van der Waals surface area contributed by atoms with Gasteiger partial charge in [0.1, 0.15) is 5.75 Å². The molecule has 0 radical (unpaired) electrons. The number of aromatic nitrogens is 2. The minimum atomic E-state index is -0.126. The van der Waals surface area contributed by atoms with E-state index in [1.807, 2.05) is 30.5 Å². The van der Waals surface area contributed by atoms with Crippen LogP contribution >= 0.6 is 0 Å². The molecule has 2 aromatic rings. The first kappa shape index (κ1) is 8.96. The number of amides is 1. The number of carbonyl (C=O) groups excluding carboxylic acids is 1. The van der Waals surface area contributed by atoms with E-state index in [2.05, 4.69) is 10.4 Å². The predicted octanol–water partition coefficient (Wildman–Crippen LogP) is 1.20. The molecule has 2 heterocycles. The Kier molecular flexibility index (Phi) is 1.89. The van der Waals surface area contributed by atoms with Crippen molar-refractivity contribution in [3.8, 4) is 11.4 Å². The van der Waals surface area contributed by atoms with E-state index >= 15 is 0 Å². The second-order valence-corrected chi connectivity index (χ2v) is 3.47. The number of hydrogen-bond acceptors (Lipinski definition) is 3. The SMILES string of the molecule is O=C1COc2cc(-n3cccn3)ccc2N1. The molecule has 0 fully saturated rings. The van der Waals surface area contributed by atoms with E-state index < -0.39 is 0 Å². The molecule has 0 saturated carbocycles. The summed E-state index contributed by atoms with van der Waals surface area (Å²) in [6, 6.07) is 7.38. The third-order valence-corrected chi connectivity index (χ3v) is 2.37. The molecule has 5 nitrogen and oxygen atoms in total. The minimum absolute atomic E-state index is 0.0650. The second-order valence-electron chi connectivity index (χ2n) is 3.47. The van der Waals surface area contributed by atoms with E-state index in [-0.39, 0.29) is 12.5 Å². The van der Waals surface area contributed by atoms with Gasteiger partial charge in [0.15, 0.2) is 6.61 Å². The van der Waals surface area contributed by atoms with Crippen LogP contribution in [-0.2, 0) is 4.79 Å². The third kappa shape index (κ3) is 1.42. The van der Waals surface area contributed by atoms with Gasteiger partial charge in [-0.15, -0.1) is 0 Å². The van der Waals surface area contributed by atoms with Crippen LogP contribution in [0.25, 0.3) is 5.69 Å². The average Bonchev–Trinajstić information content (AvgIpc) is 2.82. The quantitative estimate of drug-likeness (QED) is 0.777. The van der Waals surface area contributed by atoms with Crippen LogP contribution in [-0.4, -0.2) is 22.3 Å². The maximum absolute atomic E-state index is 11.1. The van der Waals surface area contributed by atoms with Crippen molar-refractivity contribution in [3.05, 3.63) is 36.7 Å². The van der Waals surface area contributed by atoms with Crippen LogP contribution in [0.5, 0.6) is 5.75 Å². The lowest BCUT2D eigenvalue weighted by Crippen LogP contribution is -2.25. The summed E-state index contributed by atoms with van der Waals surface area (Å²) in [4.78, 5) is 11.1. The highest BCUT2D eigenvalue weighted by Gasteiger charge is 2.16. The number of ether oxygens (including phenoxy) is 1. The van der Waals surface area contributed by atoms with E-state index in [9.17, 15) is 4.79 Å². The highest BCUT2D eigenvalue weighted by atomic mass is 16.5. The van der Waals surface area contributed by atoms with Crippen molar-refractivity contribution < 1.29 is 9.53 Å². The molecule has 0 unspecified atom stereocenters. The van der Waals surface area contributed by atoms with E-state index in [4.69, 9.17) is 4.74 Å². The topological polar surface area (TPSA) is 56.2 Å². The maximum atomic E-state index is 11.1. The molecule has 3 rings (SSSR count). The largest absolute Gasteiger partial charge is 0.482 e. The molecule has 1 aliphatic heterocycles. The number of nitrogens with zero attached hydrogens (tertiary/aromatic N) is 2. The van der Waals surface area contributed by atoms with Gasteiger partial charge in [-0.2, -0.15) is 5.10 Å². The lowest BCUT2D eigenvalue weighted by molar-refractivity contribution is -0.118. The van der Waals surface area contributed by atoms with Crippen LogP contribution in [0.2, 0.25) is 0 Å². The Bertz CT molecular complexity index is 534. The molecule has 0 aliphatic carbocycles. The van der Waals surface area contributed by atoms with Gasteiger partial charge in [0.05, 0.1) is 11.4 Å². The first-order valence-electron chi connectivity index (χ1n) is 4.90. The summed E-state index contributed by atoms with van der Waals surface area (Å²) >= 11 is 0. The molecule has 0 atom stereocenters. The van der Waals surface area contributed by atoms with Gasteiger partial charge in [-0.25, -0.2) is 4.68 Å². The predicted molar refractivity (Wildman–Crippen MR) is 57.7 cm³/mol. The van der Waals surface area contributed by atoms with Gasteiger partial charge in [-0.3, -0.25) is 4.79 Å². The van der Waals surface area contributed by atoms with Crippen LogP contribution in [0.15, 0.2) is 36.7 Å². The summed E-state index contributed by atoms with van der Waals surface area (Å²) in [5.74, 6) is 0.548. The highest BCUT2D eigenvalue weighted by Crippen LogP contribution is 2.29. The van der Waals surface area contributed by atoms with Crippen LogP contribution < -0.4 is 10.1 Å². The standard InChI is InChI=1S/C11H9N3O2/c15-11-7-16-10-6-8(2-3-9(10)13-11)14-5-1-4-12-14/h1-6H,7H2,(H,13,15). The van der Waals surface area contributed by atoms with E-state index in [0.29, 0.717) is 11.4 Å². The number of nitrogens with one attached hydrogen (secondary N) is 1. The summed E-state index contributed by atoms with van der Waals surface area (Å²) in [6.07, 6.45) is 3.56. The molecule has 1 amide bonds. The zero-order valence-corrected chi connectivity index (χ0v) is 8.38. The molecule has 1 aromatic heterocycles. The summed E-state index contributed by atoms with van der Waals surface area (Å²) in [5.41, 5.74) is 1.60. The summed E-state index contributed by atoms with van der Waals surface area (Å²) in [6.45, 7) is 0.0650. The molecule has 0 bridgehead atoms. The van der Waals surface area contributed by atoms with Crippen molar-refractivity contribution in [3.63, 3.8) is 0 Å².